The van der Waals surface area contributed by atoms with Crippen LogP contribution in [0.3, 0.4) is 0 Å². The second-order valence-corrected chi connectivity index (χ2v) is 5.54. The van der Waals surface area contributed by atoms with Crippen LogP contribution in [0, 0.1) is 0 Å². The van der Waals surface area contributed by atoms with Crippen LogP contribution in [0.1, 0.15) is 16.7 Å². The molecular formula is C21H16N2O2. The summed E-state index contributed by atoms with van der Waals surface area (Å²) in [5.74, 6) is 1.49. The van der Waals surface area contributed by atoms with Crippen molar-refractivity contribution < 1.29 is 9.47 Å². The maximum Gasteiger partial charge on any atom is 0.231 e. The van der Waals surface area contributed by atoms with Crippen molar-refractivity contribution >= 4 is 11.9 Å². The fraction of sp³-hybridized carbons (Fsp3) is 0.0476. The third-order valence-corrected chi connectivity index (χ3v) is 3.86. The maximum atomic E-state index is 5.39. The van der Waals surface area contributed by atoms with Crippen molar-refractivity contribution in [2.45, 2.75) is 0 Å². The Morgan fingerprint density at radius 2 is 1.40 bits per heavy atom. The van der Waals surface area contributed by atoms with E-state index in [1.807, 2.05) is 78.9 Å². The molecule has 1 aliphatic rings. The maximum absolute atomic E-state index is 5.39. The van der Waals surface area contributed by atoms with Gasteiger partial charge in [-0.2, -0.15) is 5.10 Å². The van der Waals surface area contributed by atoms with Gasteiger partial charge in [-0.15, -0.1) is 5.10 Å². The van der Waals surface area contributed by atoms with Gasteiger partial charge in [-0.3, -0.25) is 0 Å². The van der Waals surface area contributed by atoms with Crippen LogP contribution in [0.15, 0.2) is 89.1 Å². The quantitative estimate of drug-likeness (QED) is 0.530. The fourth-order valence-corrected chi connectivity index (χ4v) is 2.62. The Balaban J connectivity index is 1.65. The van der Waals surface area contributed by atoms with Crippen LogP contribution in [0.4, 0.5) is 0 Å². The Labute approximate surface area is 146 Å². The molecular weight excluding hydrogens is 312 g/mol. The third-order valence-electron chi connectivity index (χ3n) is 3.86. The monoisotopic (exact) mass is 328 g/mol. The van der Waals surface area contributed by atoms with Crippen molar-refractivity contribution in [3.05, 3.63) is 95.6 Å². The molecule has 0 aliphatic carbocycles. The summed E-state index contributed by atoms with van der Waals surface area (Å²) in [6.07, 6.45) is 1.72. The van der Waals surface area contributed by atoms with Crippen molar-refractivity contribution in [3.8, 4) is 11.5 Å². The minimum absolute atomic E-state index is 0.264. The van der Waals surface area contributed by atoms with Crippen LogP contribution >= 0.6 is 0 Å². The molecule has 1 aliphatic heterocycles. The summed E-state index contributed by atoms with van der Waals surface area (Å²) in [7, 11) is 0. The molecule has 4 rings (SSSR count). The zero-order valence-electron chi connectivity index (χ0n) is 13.5. The summed E-state index contributed by atoms with van der Waals surface area (Å²) in [6.45, 7) is 0.264. The van der Waals surface area contributed by atoms with E-state index >= 15 is 0 Å². The summed E-state index contributed by atoms with van der Waals surface area (Å²) in [6, 6.07) is 25.8. The van der Waals surface area contributed by atoms with Gasteiger partial charge in [0.05, 0.1) is 6.21 Å². The lowest BCUT2D eigenvalue weighted by Crippen LogP contribution is -2.02. The molecule has 1 heterocycles. The summed E-state index contributed by atoms with van der Waals surface area (Å²) >= 11 is 0. The minimum atomic E-state index is 0.264. The lowest BCUT2D eigenvalue weighted by atomic mass is 10.0. The largest absolute Gasteiger partial charge is 0.454 e. The third kappa shape index (κ3) is 3.43. The number of fused-ring (bicyclic) bond motifs is 1. The summed E-state index contributed by atoms with van der Waals surface area (Å²) in [5, 5.41) is 8.75. The zero-order chi connectivity index (χ0) is 16.9. The predicted octanol–water partition coefficient (Wildman–Crippen LogP) is 4.29. The van der Waals surface area contributed by atoms with Gasteiger partial charge in [0.25, 0.3) is 0 Å². The van der Waals surface area contributed by atoms with Gasteiger partial charge < -0.3 is 9.47 Å². The Bertz CT molecular complexity index is 878. The van der Waals surface area contributed by atoms with Crippen LogP contribution in [-0.2, 0) is 0 Å². The second kappa shape index (κ2) is 7.01. The van der Waals surface area contributed by atoms with E-state index in [0.29, 0.717) is 0 Å². The predicted molar refractivity (Wildman–Crippen MR) is 98.7 cm³/mol. The first-order chi connectivity index (χ1) is 12.4. The first-order valence-corrected chi connectivity index (χ1v) is 8.02. The Morgan fingerprint density at radius 3 is 2.08 bits per heavy atom. The smallest absolute Gasteiger partial charge is 0.231 e. The lowest BCUT2D eigenvalue weighted by Gasteiger charge is -2.05. The van der Waals surface area contributed by atoms with E-state index in [-0.39, 0.29) is 6.79 Å². The molecule has 0 aromatic heterocycles. The molecule has 0 fully saturated rings. The van der Waals surface area contributed by atoms with Gasteiger partial charge in [0.1, 0.15) is 5.71 Å². The fourth-order valence-electron chi connectivity index (χ4n) is 2.62. The van der Waals surface area contributed by atoms with E-state index in [9.17, 15) is 0 Å². The molecule has 25 heavy (non-hydrogen) atoms. The van der Waals surface area contributed by atoms with Crippen molar-refractivity contribution in [2.24, 2.45) is 10.2 Å². The van der Waals surface area contributed by atoms with Gasteiger partial charge in [-0.25, -0.2) is 0 Å². The number of hydrogen-bond donors (Lipinski definition) is 0. The Hall–Kier alpha value is -3.40. The number of nitrogens with zero attached hydrogens (tertiary/aromatic N) is 2. The highest BCUT2D eigenvalue weighted by atomic mass is 16.7. The van der Waals surface area contributed by atoms with Crippen LogP contribution in [0.25, 0.3) is 0 Å². The van der Waals surface area contributed by atoms with Gasteiger partial charge in [0.15, 0.2) is 11.5 Å². The molecule has 4 heteroatoms. The molecule has 0 atom stereocenters. The van der Waals surface area contributed by atoms with E-state index in [4.69, 9.17) is 9.47 Å². The van der Waals surface area contributed by atoms with Crippen LogP contribution in [-0.4, -0.2) is 18.7 Å². The molecule has 3 aromatic rings. The van der Waals surface area contributed by atoms with Crippen molar-refractivity contribution in [1.82, 2.24) is 0 Å². The van der Waals surface area contributed by atoms with E-state index in [2.05, 4.69) is 10.2 Å². The summed E-state index contributed by atoms with van der Waals surface area (Å²) < 4.78 is 10.7. The van der Waals surface area contributed by atoms with Gasteiger partial charge in [0, 0.05) is 11.1 Å². The normalized spacial score (nSPS) is 12.3. The average molecular weight is 328 g/mol. The minimum Gasteiger partial charge on any atom is -0.454 e. The zero-order valence-corrected chi connectivity index (χ0v) is 13.5. The second-order valence-electron chi connectivity index (χ2n) is 5.54. The van der Waals surface area contributed by atoms with Crippen molar-refractivity contribution in [1.29, 1.82) is 0 Å². The molecule has 0 unspecified atom stereocenters. The topological polar surface area (TPSA) is 43.2 Å². The molecule has 0 radical (unpaired) electrons. The highest BCUT2D eigenvalue weighted by molar-refractivity contribution is 6.12. The first kappa shape index (κ1) is 15.1. The van der Waals surface area contributed by atoms with E-state index < -0.39 is 0 Å². The summed E-state index contributed by atoms with van der Waals surface area (Å²) in [5.41, 5.74) is 3.79. The van der Waals surface area contributed by atoms with Gasteiger partial charge >= 0.3 is 0 Å². The average Bonchev–Trinajstić information content (AvgIpc) is 3.14. The number of rotatable bonds is 4. The highest BCUT2D eigenvalue weighted by Gasteiger charge is 2.12. The Morgan fingerprint density at radius 1 is 0.760 bits per heavy atom. The molecule has 0 bridgehead atoms. The molecule has 0 saturated heterocycles. The Kier molecular flexibility index (Phi) is 4.25. The molecule has 0 N–H and O–H groups in total. The number of benzene rings is 3. The highest BCUT2D eigenvalue weighted by Crippen LogP contribution is 2.32. The van der Waals surface area contributed by atoms with Gasteiger partial charge in [-0.05, 0) is 23.8 Å². The molecule has 3 aromatic carbocycles. The lowest BCUT2D eigenvalue weighted by molar-refractivity contribution is 0.174. The standard InChI is InChI=1S/C21H16N2O2/c1-3-7-17(8-4-1)21(18-9-5-2-6-10-18)23-22-14-16-11-12-19-20(13-16)25-15-24-19/h1-14H,15H2/b22-14-. The van der Waals surface area contributed by atoms with Crippen LogP contribution < -0.4 is 9.47 Å². The molecule has 0 amide bonds. The van der Waals surface area contributed by atoms with Crippen molar-refractivity contribution in [2.75, 3.05) is 6.79 Å². The first-order valence-electron chi connectivity index (χ1n) is 8.02. The van der Waals surface area contributed by atoms with Gasteiger partial charge in [-0.1, -0.05) is 60.7 Å². The van der Waals surface area contributed by atoms with Gasteiger partial charge in [0.2, 0.25) is 6.79 Å². The summed E-state index contributed by atoms with van der Waals surface area (Å²) in [4.78, 5) is 0. The number of ether oxygens (including phenoxy) is 2. The molecule has 0 spiro atoms. The molecule has 122 valence electrons. The van der Waals surface area contributed by atoms with E-state index in [0.717, 1.165) is 33.9 Å². The molecule has 4 nitrogen and oxygen atoms in total. The SMILES string of the molecule is C(=N/N=C(c1ccccc1)c1ccccc1)/c1ccc2c(c1)OCO2. The van der Waals surface area contributed by atoms with E-state index in [1.54, 1.807) is 6.21 Å². The molecule has 0 saturated carbocycles. The van der Waals surface area contributed by atoms with Crippen LogP contribution in [0.2, 0.25) is 0 Å². The van der Waals surface area contributed by atoms with Crippen molar-refractivity contribution in [3.63, 3.8) is 0 Å². The number of hydrogen-bond acceptors (Lipinski definition) is 4. The van der Waals surface area contributed by atoms with Crippen LogP contribution in [0.5, 0.6) is 11.5 Å². The van der Waals surface area contributed by atoms with E-state index in [1.165, 1.54) is 0 Å².